The molecule has 1 atom stereocenters. The van der Waals surface area contributed by atoms with E-state index in [1.54, 1.807) is 18.2 Å². The molecule has 1 unspecified atom stereocenters. The smallest absolute Gasteiger partial charge is 0.160 e. The average Bonchev–Trinajstić information content (AvgIpc) is 2.72. The van der Waals surface area contributed by atoms with E-state index >= 15 is 0 Å². The quantitative estimate of drug-likeness (QED) is 0.368. The number of unbranched alkanes of at least 4 members (excludes halogenated alkanes) is 1. The molecule has 0 spiro atoms. The van der Waals surface area contributed by atoms with Gasteiger partial charge in [-0.3, -0.25) is 4.79 Å². The van der Waals surface area contributed by atoms with Crippen molar-refractivity contribution >= 4 is 5.78 Å². The standard InChI is InChI=1S/C25H32O3/c1-20(13-14-21-10-6-4-7-11-21)9-5-3-8-12-23(26)17-15-22-16-18-24(27)25(19-22)28-2/h4,6-8,10-12,16,18-20,27H,3,5,9,13-15,17H2,1-2H3. The van der Waals surface area contributed by atoms with Crippen LogP contribution < -0.4 is 4.74 Å². The fourth-order valence-corrected chi connectivity index (χ4v) is 3.23. The minimum absolute atomic E-state index is 0.121. The fraction of sp³-hybridized carbons (Fsp3) is 0.400. The molecule has 0 aliphatic heterocycles. The average molecular weight is 381 g/mol. The molecule has 3 heteroatoms. The van der Waals surface area contributed by atoms with Gasteiger partial charge in [-0.2, -0.15) is 0 Å². The largest absolute Gasteiger partial charge is 0.504 e. The maximum absolute atomic E-state index is 12.0. The Hall–Kier alpha value is -2.55. The molecule has 0 radical (unpaired) electrons. The van der Waals surface area contributed by atoms with Crippen LogP contribution in [-0.2, 0) is 17.6 Å². The number of aromatic hydroxyl groups is 1. The van der Waals surface area contributed by atoms with Gasteiger partial charge in [-0.05, 0) is 67.4 Å². The highest BCUT2D eigenvalue weighted by molar-refractivity contribution is 5.89. The Kier molecular flexibility index (Phi) is 9.33. The highest BCUT2D eigenvalue weighted by atomic mass is 16.5. The van der Waals surface area contributed by atoms with Gasteiger partial charge in [0.25, 0.3) is 0 Å². The number of hydrogen-bond donors (Lipinski definition) is 1. The first kappa shape index (κ1) is 21.7. The summed E-state index contributed by atoms with van der Waals surface area (Å²) in [6, 6.07) is 15.8. The molecule has 0 bridgehead atoms. The number of carbonyl (C=O) groups excluding carboxylic acids is 1. The molecule has 0 aliphatic carbocycles. The first-order chi connectivity index (χ1) is 13.6. The van der Waals surface area contributed by atoms with Gasteiger partial charge in [-0.1, -0.05) is 55.8 Å². The molecule has 0 heterocycles. The van der Waals surface area contributed by atoms with Crippen molar-refractivity contribution in [3.63, 3.8) is 0 Å². The summed E-state index contributed by atoms with van der Waals surface area (Å²) in [5.74, 6) is 1.41. The van der Waals surface area contributed by atoms with Crippen LogP contribution >= 0.6 is 0 Å². The van der Waals surface area contributed by atoms with Crippen molar-refractivity contribution in [3.8, 4) is 11.5 Å². The summed E-state index contributed by atoms with van der Waals surface area (Å²) in [4.78, 5) is 12.0. The van der Waals surface area contributed by atoms with Crippen LogP contribution in [0.25, 0.3) is 0 Å². The predicted octanol–water partition coefficient (Wildman–Crippen LogP) is 5.90. The number of hydrogen-bond acceptors (Lipinski definition) is 3. The van der Waals surface area contributed by atoms with Crippen LogP contribution in [0.5, 0.6) is 11.5 Å². The third kappa shape index (κ3) is 7.99. The highest BCUT2D eigenvalue weighted by Gasteiger charge is 2.05. The van der Waals surface area contributed by atoms with E-state index in [4.69, 9.17) is 4.74 Å². The van der Waals surface area contributed by atoms with Gasteiger partial charge in [0.1, 0.15) is 0 Å². The lowest BCUT2D eigenvalue weighted by molar-refractivity contribution is -0.114. The molecule has 150 valence electrons. The van der Waals surface area contributed by atoms with E-state index in [2.05, 4.69) is 37.3 Å². The van der Waals surface area contributed by atoms with E-state index in [-0.39, 0.29) is 11.5 Å². The van der Waals surface area contributed by atoms with E-state index in [9.17, 15) is 9.90 Å². The van der Waals surface area contributed by atoms with Crippen LogP contribution in [0.15, 0.2) is 60.7 Å². The summed E-state index contributed by atoms with van der Waals surface area (Å²) in [6.45, 7) is 2.31. The monoisotopic (exact) mass is 380 g/mol. The number of phenolic OH excluding ortho intramolecular Hbond substituents is 1. The maximum atomic E-state index is 12.0. The van der Waals surface area contributed by atoms with Crippen molar-refractivity contribution in [1.29, 1.82) is 0 Å². The molecular weight excluding hydrogens is 348 g/mol. The summed E-state index contributed by atoms with van der Waals surface area (Å²) < 4.78 is 5.10. The summed E-state index contributed by atoms with van der Waals surface area (Å²) >= 11 is 0. The number of phenols is 1. The van der Waals surface area contributed by atoms with Crippen LogP contribution in [-0.4, -0.2) is 18.0 Å². The van der Waals surface area contributed by atoms with E-state index in [1.165, 1.54) is 25.5 Å². The molecule has 0 saturated carbocycles. The predicted molar refractivity (Wildman–Crippen MR) is 115 cm³/mol. The van der Waals surface area contributed by atoms with Crippen LogP contribution in [0, 0.1) is 5.92 Å². The molecule has 0 aromatic heterocycles. The van der Waals surface area contributed by atoms with E-state index in [0.717, 1.165) is 24.8 Å². The van der Waals surface area contributed by atoms with E-state index in [0.29, 0.717) is 24.5 Å². The third-order valence-corrected chi connectivity index (χ3v) is 5.04. The lowest BCUT2D eigenvalue weighted by Gasteiger charge is -2.10. The Balaban J connectivity index is 1.60. The lowest BCUT2D eigenvalue weighted by atomic mass is 9.96. The molecule has 3 nitrogen and oxygen atoms in total. The minimum atomic E-state index is 0.121. The third-order valence-electron chi connectivity index (χ3n) is 5.04. The van der Waals surface area contributed by atoms with Crippen LogP contribution in [0.3, 0.4) is 0 Å². The fourth-order valence-electron chi connectivity index (χ4n) is 3.23. The number of rotatable bonds is 12. The van der Waals surface area contributed by atoms with Crippen molar-refractivity contribution in [2.24, 2.45) is 5.92 Å². The van der Waals surface area contributed by atoms with Gasteiger partial charge in [0.15, 0.2) is 17.3 Å². The molecule has 0 amide bonds. The van der Waals surface area contributed by atoms with Crippen molar-refractivity contribution in [2.75, 3.05) is 7.11 Å². The van der Waals surface area contributed by atoms with Gasteiger partial charge in [0, 0.05) is 6.42 Å². The summed E-state index contributed by atoms with van der Waals surface area (Å²) in [5, 5.41) is 9.61. The summed E-state index contributed by atoms with van der Waals surface area (Å²) in [6.07, 6.45) is 10.5. The van der Waals surface area contributed by atoms with E-state index in [1.807, 2.05) is 12.1 Å². The Morgan fingerprint density at radius 1 is 1.07 bits per heavy atom. The van der Waals surface area contributed by atoms with Crippen LogP contribution in [0.1, 0.15) is 50.2 Å². The molecule has 0 saturated heterocycles. The second-order valence-corrected chi connectivity index (χ2v) is 7.44. The Bertz CT molecular complexity index is 750. The number of allylic oxidation sites excluding steroid dienone is 2. The second kappa shape index (κ2) is 12.0. The van der Waals surface area contributed by atoms with Gasteiger partial charge >= 0.3 is 0 Å². The lowest BCUT2D eigenvalue weighted by Crippen LogP contribution is -1.98. The number of ether oxygens (including phenoxy) is 1. The first-order valence-electron chi connectivity index (χ1n) is 10.2. The number of carbonyl (C=O) groups is 1. The normalized spacial score (nSPS) is 12.2. The molecular formula is C25H32O3. The van der Waals surface area contributed by atoms with Crippen LogP contribution in [0.4, 0.5) is 0 Å². The van der Waals surface area contributed by atoms with Crippen molar-refractivity contribution < 1.29 is 14.6 Å². The molecule has 2 aromatic rings. The van der Waals surface area contributed by atoms with Crippen molar-refractivity contribution in [2.45, 2.75) is 51.9 Å². The molecule has 1 N–H and O–H groups in total. The van der Waals surface area contributed by atoms with Crippen molar-refractivity contribution in [3.05, 3.63) is 71.8 Å². The van der Waals surface area contributed by atoms with Gasteiger partial charge < -0.3 is 9.84 Å². The van der Waals surface area contributed by atoms with Gasteiger partial charge in [-0.15, -0.1) is 0 Å². The molecule has 2 rings (SSSR count). The van der Waals surface area contributed by atoms with Gasteiger partial charge in [0.05, 0.1) is 7.11 Å². The molecule has 2 aromatic carbocycles. The van der Waals surface area contributed by atoms with Gasteiger partial charge in [0.2, 0.25) is 0 Å². The highest BCUT2D eigenvalue weighted by Crippen LogP contribution is 2.26. The number of benzene rings is 2. The van der Waals surface area contributed by atoms with Gasteiger partial charge in [-0.25, -0.2) is 0 Å². The molecule has 28 heavy (non-hydrogen) atoms. The zero-order valence-electron chi connectivity index (χ0n) is 17.1. The molecule has 0 aliphatic rings. The topological polar surface area (TPSA) is 46.5 Å². The SMILES string of the molecule is COc1cc(CCC(=O)C=CCCCC(C)CCc2ccccc2)ccc1O. The Labute approximate surface area is 169 Å². The Morgan fingerprint density at radius 3 is 2.61 bits per heavy atom. The number of aryl methyl sites for hydroxylation is 2. The maximum Gasteiger partial charge on any atom is 0.160 e. The Morgan fingerprint density at radius 2 is 1.86 bits per heavy atom. The summed E-state index contributed by atoms with van der Waals surface area (Å²) in [7, 11) is 1.52. The second-order valence-electron chi connectivity index (χ2n) is 7.44. The first-order valence-corrected chi connectivity index (χ1v) is 10.2. The van der Waals surface area contributed by atoms with Crippen molar-refractivity contribution in [1.82, 2.24) is 0 Å². The van der Waals surface area contributed by atoms with Crippen LogP contribution in [0.2, 0.25) is 0 Å². The van der Waals surface area contributed by atoms with E-state index < -0.39 is 0 Å². The number of methoxy groups -OCH3 is 1. The molecule has 0 fully saturated rings. The zero-order valence-corrected chi connectivity index (χ0v) is 17.1. The minimum Gasteiger partial charge on any atom is -0.504 e. The summed E-state index contributed by atoms with van der Waals surface area (Å²) in [5.41, 5.74) is 2.40. The zero-order chi connectivity index (χ0) is 20.2. The number of ketones is 1.